The number of hydrogen-bond donors (Lipinski definition) is 2. The Morgan fingerprint density at radius 2 is 1.90 bits per heavy atom. The summed E-state index contributed by atoms with van der Waals surface area (Å²) in [5.74, 6) is 1.33. The molecule has 8 heteroatoms. The highest BCUT2D eigenvalue weighted by Crippen LogP contribution is 2.23. The molecule has 0 saturated heterocycles. The first-order chi connectivity index (χ1) is 14.5. The van der Waals surface area contributed by atoms with Crippen LogP contribution in [0.2, 0.25) is 0 Å². The van der Waals surface area contributed by atoms with Crippen molar-refractivity contribution >= 4 is 11.9 Å². The van der Waals surface area contributed by atoms with Crippen molar-refractivity contribution in [3.63, 3.8) is 0 Å². The average Bonchev–Trinajstić information content (AvgIpc) is 3.26. The van der Waals surface area contributed by atoms with E-state index in [1.807, 2.05) is 30.3 Å². The second-order valence-corrected chi connectivity index (χ2v) is 7.19. The van der Waals surface area contributed by atoms with Gasteiger partial charge in [0.2, 0.25) is 11.7 Å². The predicted octanol–water partition coefficient (Wildman–Crippen LogP) is 4.02. The largest absolute Gasteiger partial charge is 0.497 e. The van der Waals surface area contributed by atoms with Gasteiger partial charge in [-0.25, -0.2) is 9.97 Å². The lowest BCUT2D eigenvalue weighted by Crippen LogP contribution is -2.22. The van der Waals surface area contributed by atoms with E-state index in [0.29, 0.717) is 23.9 Å². The number of methoxy groups -OCH3 is 1. The van der Waals surface area contributed by atoms with E-state index in [1.54, 1.807) is 13.2 Å². The fraction of sp³-hybridized carbons (Fsp3) is 0.364. The molecule has 8 nitrogen and oxygen atoms in total. The van der Waals surface area contributed by atoms with Gasteiger partial charge in [-0.1, -0.05) is 38.1 Å². The van der Waals surface area contributed by atoms with Crippen molar-refractivity contribution in [1.29, 1.82) is 0 Å². The molecule has 0 aliphatic rings. The number of nitrogens with one attached hydrogen (secondary N) is 2. The Morgan fingerprint density at radius 3 is 2.57 bits per heavy atom. The van der Waals surface area contributed by atoms with E-state index in [0.717, 1.165) is 30.0 Å². The lowest BCUT2D eigenvalue weighted by Gasteiger charge is -2.10. The SMILES string of the molecule is CCCNc1nc(-c2cc(C(=O)NCc3ccc(OC)cc3)on2)cc(C(C)C)n1. The van der Waals surface area contributed by atoms with Crippen LogP contribution in [0.3, 0.4) is 0 Å². The highest BCUT2D eigenvalue weighted by Gasteiger charge is 2.17. The molecule has 30 heavy (non-hydrogen) atoms. The molecule has 3 rings (SSSR count). The third-order valence-electron chi connectivity index (χ3n) is 4.48. The summed E-state index contributed by atoms with van der Waals surface area (Å²) in [6.45, 7) is 7.36. The Labute approximate surface area is 176 Å². The van der Waals surface area contributed by atoms with Gasteiger partial charge in [0, 0.05) is 24.8 Å². The van der Waals surface area contributed by atoms with Crippen LogP contribution in [0.15, 0.2) is 40.9 Å². The van der Waals surface area contributed by atoms with Crippen molar-refractivity contribution in [2.24, 2.45) is 0 Å². The molecule has 0 fully saturated rings. The van der Waals surface area contributed by atoms with E-state index in [9.17, 15) is 4.79 Å². The van der Waals surface area contributed by atoms with E-state index in [-0.39, 0.29) is 17.6 Å². The van der Waals surface area contributed by atoms with Gasteiger partial charge in [-0.05, 0) is 36.1 Å². The highest BCUT2D eigenvalue weighted by molar-refractivity contribution is 5.92. The fourth-order valence-electron chi connectivity index (χ4n) is 2.72. The maximum absolute atomic E-state index is 12.5. The minimum atomic E-state index is -0.341. The van der Waals surface area contributed by atoms with Crippen molar-refractivity contribution in [2.75, 3.05) is 19.0 Å². The van der Waals surface area contributed by atoms with Crippen LogP contribution in [-0.2, 0) is 6.54 Å². The molecule has 2 N–H and O–H groups in total. The smallest absolute Gasteiger partial charge is 0.290 e. The molecule has 0 aliphatic heterocycles. The Bertz CT molecular complexity index is 983. The maximum Gasteiger partial charge on any atom is 0.290 e. The van der Waals surface area contributed by atoms with Crippen molar-refractivity contribution in [3.05, 3.63) is 53.4 Å². The summed E-state index contributed by atoms with van der Waals surface area (Å²) >= 11 is 0. The minimum Gasteiger partial charge on any atom is -0.497 e. The van der Waals surface area contributed by atoms with E-state index in [1.165, 1.54) is 0 Å². The molecule has 3 aromatic rings. The number of ether oxygens (including phenoxy) is 1. The van der Waals surface area contributed by atoms with Gasteiger partial charge < -0.3 is 19.9 Å². The zero-order chi connectivity index (χ0) is 21.5. The molecule has 0 aliphatic carbocycles. The molecule has 0 atom stereocenters. The standard InChI is InChI=1S/C22H27N5O3/c1-5-10-23-22-25-17(14(2)3)11-18(26-22)19-12-20(30-27-19)21(28)24-13-15-6-8-16(29-4)9-7-15/h6-9,11-12,14H,5,10,13H2,1-4H3,(H,24,28)(H,23,25,26). The molecule has 1 aromatic carbocycles. The Kier molecular flexibility index (Phi) is 7.00. The first kappa shape index (κ1) is 21.3. The first-order valence-electron chi connectivity index (χ1n) is 10.0. The molecule has 0 saturated carbocycles. The van der Waals surface area contributed by atoms with Crippen molar-refractivity contribution in [3.8, 4) is 17.1 Å². The van der Waals surface area contributed by atoms with E-state index >= 15 is 0 Å². The number of hydrogen-bond acceptors (Lipinski definition) is 7. The lowest BCUT2D eigenvalue weighted by molar-refractivity contribution is 0.0914. The number of rotatable bonds is 9. The van der Waals surface area contributed by atoms with E-state index in [2.05, 4.69) is 46.5 Å². The number of carbonyl (C=O) groups excluding carboxylic acids is 1. The zero-order valence-electron chi connectivity index (χ0n) is 17.7. The highest BCUT2D eigenvalue weighted by atomic mass is 16.5. The summed E-state index contributed by atoms with van der Waals surface area (Å²) in [6.07, 6.45) is 0.965. The average molecular weight is 409 g/mol. The van der Waals surface area contributed by atoms with Crippen LogP contribution >= 0.6 is 0 Å². The number of aromatic nitrogens is 3. The topological polar surface area (TPSA) is 102 Å². The Hall–Kier alpha value is -3.42. The molecular formula is C22H27N5O3. The second-order valence-electron chi connectivity index (χ2n) is 7.19. The van der Waals surface area contributed by atoms with Gasteiger partial charge >= 0.3 is 0 Å². The lowest BCUT2D eigenvalue weighted by atomic mass is 10.1. The molecule has 2 aromatic heterocycles. The third-order valence-corrected chi connectivity index (χ3v) is 4.48. The number of benzene rings is 1. The second kappa shape index (κ2) is 9.87. The van der Waals surface area contributed by atoms with Gasteiger partial charge in [0.05, 0.1) is 12.8 Å². The van der Waals surface area contributed by atoms with Crippen molar-refractivity contribution < 1.29 is 14.1 Å². The van der Waals surface area contributed by atoms with Crippen LogP contribution in [0.4, 0.5) is 5.95 Å². The third kappa shape index (κ3) is 5.34. The molecule has 0 bridgehead atoms. The van der Waals surface area contributed by atoms with Crippen molar-refractivity contribution in [2.45, 2.75) is 39.7 Å². The number of nitrogens with zero attached hydrogens (tertiary/aromatic N) is 3. The van der Waals surface area contributed by atoms with Gasteiger partial charge in [0.1, 0.15) is 11.4 Å². The van der Waals surface area contributed by atoms with Crippen LogP contribution in [0, 0.1) is 0 Å². The molecule has 2 heterocycles. The van der Waals surface area contributed by atoms with Crippen molar-refractivity contribution in [1.82, 2.24) is 20.4 Å². The molecule has 0 spiro atoms. The van der Waals surface area contributed by atoms with Gasteiger partial charge in [-0.3, -0.25) is 4.79 Å². The first-order valence-corrected chi connectivity index (χ1v) is 10.0. The fourth-order valence-corrected chi connectivity index (χ4v) is 2.72. The molecule has 0 radical (unpaired) electrons. The number of amides is 1. The molecule has 158 valence electrons. The summed E-state index contributed by atoms with van der Waals surface area (Å²) in [6, 6.07) is 10.9. The summed E-state index contributed by atoms with van der Waals surface area (Å²) in [5, 5.41) is 10.1. The molecular weight excluding hydrogens is 382 g/mol. The summed E-state index contributed by atoms with van der Waals surface area (Å²) in [7, 11) is 1.61. The zero-order valence-corrected chi connectivity index (χ0v) is 17.7. The molecule has 0 unspecified atom stereocenters. The number of anilines is 1. The van der Waals surface area contributed by atoms with Crippen LogP contribution in [0.5, 0.6) is 5.75 Å². The molecule has 1 amide bonds. The normalized spacial score (nSPS) is 10.8. The summed E-state index contributed by atoms with van der Waals surface area (Å²) in [4.78, 5) is 21.5. The quantitative estimate of drug-likeness (QED) is 0.550. The minimum absolute atomic E-state index is 0.131. The van der Waals surface area contributed by atoms with Gasteiger partial charge in [0.15, 0.2) is 0 Å². The van der Waals surface area contributed by atoms with Crippen LogP contribution in [-0.4, -0.2) is 34.7 Å². The van der Waals surface area contributed by atoms with Gasteiger partial charge in [-0.2, -0.15) is 0 Å². The van der Waals surface area contributed by atoms with E-state index in [4.69, 9.17) is 9.26 Å². The predicted molar refractivity (Wildman–Crippen MR) is 115 cm³/mol. The van der Waals surface area contributed by atoms with Gasteiger partial charge in [0.25, 0.3) is 5.91 Å². The summed E-state index contributed by atoms with van der Waals surface area (Å²) < 4.78 is 10.4. The summed E-state index contributed by atoms with van der Waals surface area (Å²) in [5.41, 5.74) is 2.96. The van der Waals surface area contributed by atoms with Crippen LogP contribution in [0.1, 0.15) is 54.9 Å². The Balaban J connectivity index is 1.72. The van der Waals surface area contributed by atoms with E-state index < -0.39 is 0 Å². The van der Waals surface area contributed by atoms with Crippen LogP contribution in [0.25, 0.3) is 11.4 Å². The monoisotopic (exact) mass is 409 g/mol. The van der Waals surface area contributed by atoms with Crippen LogP contribution < -0.4 is 15.4 Å². The Morgan fingerprint density at radius 1 is 1.13 bits per heavy atom. The maximum atomic E-state index is 12.5. The van der Waals surface area contributed by atoms with Gasteiger partial charge in [-0.15, -0.1) is 0 Å². The number of carbonyl (C=O) groups is 1.